The highest BCUT2D eigenvalue weighted by Crippen LogP contribution is 2.04. The average Bonchev–Trinajstić information content (AvgIpc) is 2.04. The molecule has 0 fully saturated rings. The first-order chi connectivity index (χ1) is 6.16. The summed E-state index contributed by atoms with van der Waals surface area (Å²) in [7, 11) is 0. The van der Waals surface area contributed by atoms with Crippen molar-refractivity contribution in [2.45, 2.75) is 51.9 Å². The molecular formula is C10H18O3. The van der Waals surface area contributed by atoms with Gasteiger partial charge in [0.2, 0.25) is 0 Å². The van der Waals surface area contributed by atoms with Crippen molar-refractivity contribution in [1.82, 2.24) is 0 Å². The minimum Gasteiger partial charge on any atom is -0.481 e. The van der Waals surface area contributed by atoms with E-state index in [1.807, 2.05) is 0 Å². The molecule has 0 aromatic carbocycles. The molecule has 0 heterocycles. The second-order valence-electron chi connectivity index (χ2n) is 3.24. The Bertz CT molecular complexity index is 164. The Balaban J connectivity index is 3.25. The molecule has 0 spiro atoms. The number of carbonyl (C=O) groups is 2. The fourth-order valence-electron chi connectivity index (χ4n) is 1.13. The second-order valence-corrected chi connectivity index (χ2v) is 3.24. The van der Waals surface area contributed by atoms with E-state index in [0.29, 0.717) is 19.3 Å². The van der Waals surface area contributed by atoms with Gasteiger partial charge in [-0.1, -0.05) is 19.8 Å². The van der Waals surface area contributed by atoms with E-state index in [1.165, 1.54) is 0 Å². The summed E-state index contributed by atoms with van der Waals surface area (Å²) in [5, 5.41) is 8.33. The van der Waals surface area contributed by atoms with Crippen LogP contribution in [0.4, 0.5) is 0 Å². The van der Waals surface area contributed by atoms with Crippen molar-refractivity contribution >= 4 is 11.8 Å². The van der Waals surface area contributed by atoms with Gasteiger partial charge in [0.15, 0.2) is 0 Å². The number of unbranched alkanes of at least 4 members (excludes halogenated alkanes) is 2. The van der Waals surface area contributed by atoms with Crippen LogP contribution in [0.5, 0.6) is 0 Å². The van der Waals surface area contributed by atoms with Gasteiger partial charge in [0.25, 0.3) is 0 Å². The number of aliphatic carboxylic acids is 1. The number of ketones is 1. The van der Waals surface area contributed by atoms with Crippen molar-refractivity contribution in [2.24, 2.45) is 0 Å². The van der Waals surface area contributed by atoms with E-state index in [0.717, 1.165) is 19.3 Å². The second kappa shape index (κ2) is 7.77. The topological polar surface area (TPSA) is 54.4 Å². The predicted octanol–water partition coefficient (Wildman–Crippen LogP) is 2.39. The highest BCUT2D eigenvalue weighted by atomic mass is 16.4. The van der Waals surface area contributed by atoms with Crippen LogP contribution in [-0.4, -0.2) is 16.9 Å². The summed E-state index contributed by atoms with van der Waals surface area (Å²) < 4.78 is 0. The van der Waals surface area contributed by atoms with Crippen molar-refractivity contribution in [3.63, 3.8) is 0 Å². The molecular weight excluding hydrogens is 168 g/mol. The molecule has 0 rings (SSSR count). The molecule has 0 amide bonds. The van der Waals surface area contributed by atoms with Gasteiger partial charge in [0, 0.05) is 19.3 Å². The first-order valence-corrected chi connectivity index (χ1v) is 4.90. The van der Waals surface area contributed by atoms with Gasteiger partial charge in [0.05, 0.1) is 0 Å². The minimum absolute atomic E-state index is 0.111. The van der Waals surface area contributed by atoms with E-state index in [9.17, 15) is 9.59 Å². The molecule has 3 nitrogen and oxygen atoms in total. The third-order valence-electron chi connectivity index (χ3n) is 1.91. The Morgan fingerprint density at radius 1 is 1.00 bits per heavy atom. The number of carboxylic acid groups (broad SMARTS) is 1. The molecule has 0 atom stereocenters. The lowest BCUT2D eigenvalue weighted by molar-refractivity contribution is -0.137. The Kier molecular flexibility index (Phi) is 7.26. The van der Waals surface area contributed by atoms with Gasteiger partial charge in [-0.25, -0.2) is 0 Å². The largest absolute Gasteiger partial charge is 0.481 e. The summed E-state index contributed by atoms with van der Waals surface area (Å²) in [6.45, 7) is 2.09. The monoisotopic (exact) mass is 186 g/mol. The van der Waals surface area contributed by atoms with Gasteiger partial charge < -0.3 is 5.11 Å². The van der Waals surface area contributed by atoms with Crippen LogP contribution in [0.15, 0.2) is 0 Å². The zero-order valence-electron chi connectivity index (χ0n) is 8.21. The van der Waals surface area contributed by atoms with Gasteiger partial charge in [-0.15, -0.1) is 0 Å². The van der Waals surface area contributed by atoms with Gasteiger partial charge in [0.1, 0.15) is 5.78 Å². The summed E-state index contributed by atoms with van der Waals surface area (Å²) in [5.74, 6) is -0.615. The van der Waals surface area contributed by atoms with Gasteiger partial charge in [-0.05, 0) is 12.8 Å². The molecule has 0 aromatic rings. The smallest absolute Gasteiger partial charge is 0.303 e. The average molecular weight is 186 g/mol. The zero-order chi connectivity index (χ0) is 10.1. The summed E-state index contributed by atoms with van der Waals surface area (Å²) >= 11 is 0. The lowest BCUT2D eigenvalue weighted by Crippen LogP contribution is -2.00. The number of hydrogen-bond acceptors (Lipinski definition) is 2. The van der Waals surface area contributed by atoms with Crippen LogP contribution in [0.2, 0.25) is 0 Å². The number of carboxylic acids is 1. The number of hydrogen-bond donors (Lipinski definition) is 1. The van der Waals surface area contributed by atoms with Crippen LogP contribution in [0.3, 0.4) is 0 Å². The van der Waals surface area contributed by atoms with Gasteiger partial charge >= 0.3 is 5.97 Å². The molecule has 0 saturated heterocycles. The molecule has 0 aromatic heterocycles. The number of Topliss-reactive ketones (excluding diaryl/α,β-unsaturated/α-hetero) is 1. The summed E-state index contributed by atoms with van der Waals surface area (Å²) in [6, 6.07) is 0. The summed E-state index contributed by atoms with van der Waals surface area (Å²) in [5.41, 5.74) is 0. The highest BCUT2D eigenvalue weighted by molar-refractivity contribution is 5.78. The molecule has 0 bridgehead atoms. The molecule has 0 aliphatic heterocycles. The molecule has 0 saturated carbocycles. The van der Waals surface area contributed by atoms with Crippen molar-refractivity contribution in [3.05, 3.63) is 0 Å². The Morgan fingerprint density at radius 3 is 2.15 bits per heavy atom. The molecule has 3 heteroatoms. The van der Waals surface area contributed by atoms with E-state index >= 15 is 0 Å². The van der Waals surface area contributed by atoms with Crippen molar-refractivity contribution in [3.8, 4) is 0 Å². The van der Waals surface area contributed by atoms with Crippen LogP contribution in [0, 0.1) is 0 Å². The van der Waals surface area contributed by atoms with Crippen LogP contribution in [0.25, 0.3) is 0 Å². The van der Waals surface area contributed by atoms with Crippen LogP contribution >= 0.6 is 0 Å². The minimum atomic E-state index is -0.818. The van der Waals surface area contributed by atoms with Crippen molar-refractivity contribution in [1.29, 1.82) is 0 Å². The van der Waals surface area contributed by atoms with Crippen LogP contribution < -0.4 is 0 Å². The standard InChI is InChI=1S/C10H18O3/c1-2-3-4-6-9(11)7-5-8-10(12)13/h2-8H2,1H3,(H,12,13). The van der Waals surface area contributed by atoms with E-state index in [-0.39, 0.29) is 12.2 Å². The maximum absolute atomic E-state index is 11.1. The molecule has 13 heavy (non-hydrogen) atoms. The molecule has 0 unspecified atom stereocenters. The number of carbonyl (C=O) groups excluding carboxylic acids is 1. The van der Waals surface area contributed by atoms with Crippen molar-refractivity contribution in [2.75, 3.05) is 0 Å². The Morgan fingerprint density at radius 2 is 1.62 bits per heavy atom. The van der Waals surface area contributed by atoms with Gasteiger partial charge in [-0.3, -0.25) is 9.59 Å². The van der Waals surface area contributed by atoms with Crippen LogP contribution in [-0.2, 0) is 9.59 Å². The lowest BCUT2D eigenvalue weighted by atomic mass is 10.1. The molecule has 1 N–H and O–H groups in total. The maximum atomic E-state index is 11.1. The normalized spacial score (nSPS) is 9.92. The van der Waals surface area contributed by atoms with Gasteiger partial charge in [-0.2, -0.15) is 0 Å². The molecule has 0 aliphatic rings. The molecule has 0 radical (unpaired) electrons. The molecule has 76 valence electrons. The third kappa shape index (κ3) is 9.05. The van der Waals surface area contributed by atoms with Crippen LogP contribution in [0.1, 0.15) is 51.9 Å². The SMILES string of the molecule is CCCCCC(=O)CCCC(=O)O. The Hall–Kier alpha value is -0.860. The Labute approximate surface area is 79.1 Å². The van der Waals surface area contributed by atoms with Crippen molar-refractivity contribution < 1.29 is 14.7 Å². The lowest BCUT2D eigenvalue weighted by Gasteiger charge is -1.98. The fourth-order valence-corrected chi connectivity index (χ4v) is 1.13. The number of rotatable bonds is 8. The molecule has 0 aliphatic carbocycles. The highest BCUT2D eigenvalue weighted by Gasteiger charge is 2.03. The van der Waals surface area contributed by atoms with E-state index < -0.39 is 5.97 Å². The zero-order valence-corrected chi connectivity index (χ0v) is 8.21. The third-order valence-corrected chi connectivity index (χ3v) is 1.91. The fraction of sp³-hybridized carbons (Fsp3) is 0.800. The van der Waals surface area contributed by atoms with E-state index in [4.69, 9.17) is 5.11 Å². The quantitative estimate of drug-likeness (QED) is 0.592. The van der Waals surface area contributed by atoms with E-state index in [2.05, 4.69) is 6.92 Å². The predicted molar refractivity (Wildman–Crippen MR) is 50.6 cm³/mol. The first kappa shape index (κ1) is 12.1. The first-order valence-electron chi connectivity index (χ1n) is 4.90. The van der Waals surface area contributed by atoms with E-state index in [1.54, 1.807) is 0 Å². The summed E-state index contributed by atoms with van der Waals surface area (Å²) in [6.07, 6.45) is 4.79. The summed E-state index contributed by atoms with van der Waals surface area (Å²) in [4.78, 5) is 21.2. The maximum Gasteiger partial charge on any atom is 0.303 e.